The second kappa shape index (κ2) is 3.20. The number of nitrogens with one attached hydrogen (secondary N) is 1. The molecule has 2 heteroatoms. The Kier molecular flexibility index (Phi) is 2.26. The summed E-state index contributed by atoms with van der Waals surface area (Å²) in [4.78, 5) is 4.25. The molecule has 0 radical (unpaired) electrons. The summed E-state index contributed by atoms with van der Waals surface area (Å²) in [6.45, 7) is 4.87. The van der Waals surface area contributed by atoms with Crippen LogP contribution < -0.4 is 5.32 Å². The first-order valence-corrected chi connectivity index (χ1v) is 3.52. The van der Waals surface area contributed by atoms with E-state index in [1.807, 2.05) is 32.2 Å². The van der Waals surface area contributed by atoms with E-state index in [1.165, 1.54) is 5.57 Å². The van der Waals surface area contributed by atoms with Crippen LogP contribution in [0, 0.1) is 0 Å². The van der Waals surface area contributed by atoms with Crippen LogP contribution in [0.4, 0.5) is 0 Å². The van der Waals surface area contributed by atoms with Gasteiger partial charge in [-0.2, -0.15) is 0 Å². The summed E-state index contributed by atoms with van der Waals surface area (Å²) in [5.41, 5.74) is 1.18. The zero-order valence-electron chi connectivity index (χ0n) is 6.39. The van der Waals surface area contributed by atoms with Gasteiger partial charge >= 0.3 is 0 Å². The van der Waals surface area contributed by atoms with Crippen molar-refractivity contribution in [1.82, 2.24) is 5.32 Å². The summed E-state index contributed by atoms with van der Waals surface area (Å²) in [5.74, 6) is 0.991. The van der Waals surface area contributed by atoms with Gasteiger partial charge in [-0.05, 0) is 19.9 Å². The van der Waals surface area contributed by atoms with E-state index in [0.29, 0.717) is 0 Å². The predicted molar refractivity (Wildman–Crippen MR) is 44.0 cm³/mol. The molecule has 1 N–H and O–H groups in total. The summed E-state index contributed by atoms with van der Waals surface area (Å²) < 4.78 is 0. The molecule has 0 aromatic heterocycles. The molecule has 0 fully saturated rings. The molecular weight excluding hydrogens is 124 g/mol. The highest BCUT2D eigenvalue weighted by atomic mass is 15.0. The first-order valence-electron chi connectivity index (χ1n) is 3.52. The number of allylic oxidation sites excluding steroid dienone is 1. The maximum atomic E-state index is 4.25. The van der Waals surface area contributed by atoms with E-state index in [9.17, 15) is 0 Å². The monoisotopic (exact) mass is 136 g/mol. The maximum absolute atomic E-state index is 4.25. The van der Waals surface area contributed by atoms with Gasteiger partial charge in [0.2, 0.25) is 0 Å². The lowest BCUT2D eigenvalue weighted by atomic mass is 10.2. The SMILES string of the molecule is C/C=C1/C=CNC1=NCC. The van der Waals surface area contributed by atoms with Gasteiger partial charge in [-0.25, -0.2) is 0 Å². The standard InChI is InChI=1S/C8H12N2/c1-3-7-5-6-10-8(7)9-4-2/h3,5-6H,4H2,1-2H3,(H,9,10)/b7-3-. The third-order valence-electron chi connectivity index (χ3n) is 1.38. The van der Waals surface area contributed by atoms with Crippen LogP contribution in [0.5, 0.6) is 0 Å². The van der Waals surface area contributed by atoms with E-state index in [2.05, 4.69) is 10.3 Å². The van der Waals surface area contributed by atoms with Crippen LogP contribution in [0.1, 0.15) is 13.8 Å². The van der Waals surface area contributed by atoms with Crippen LogP contribution in [-0.4, -0.2) is 12.4 Å². The van der Waals surface area contributed by atoms with E-state index >= 15 is 0 Å². The number of rotatable bonds is 1. The van der Waals surface area contributed by atoms with Crippen molar-refractivity contribution in [2.45, 2.75) is 13.8 Å². The second-order valence-electron chi connectivity index (χ2n) is 2.04. The summed E-state index contributed by atoms with van der Waals surface area (Å²) in [6, 6.07) is 0. The average molecular weight is 136 g/mol. The summed E-state index contributed by atoms with van der Waals surface area (Å²) >= 11 is 0. The molecule has 0 unspecified atom stereocenters. The van der Waals surface area contributed by atoms with Gasteiger partial charge in [0.05, 0.1) is 0 Å². The first kappa shape index (κ1) is 7.06. The van der Waals surface area contributed by atoms with E-state index < -0.39 is 0 Å². The molecule has 0 atom stereocenters. The van der Waals surface area contributed by atoms with Crippen molar-refractivity contribution in [3.8, 4) is 0 Å². The average Bonchev–Trinajstić information content (AvgIpc) is 2.36. The van der Waals surface area contributed by atoms with E-state index in [4.69, 9.17) is 0 Å². The van der Waals surface area contributed by atoms with Crippen molar-refractivity contribution < 1.29 is 0 Å². The minimum atomic E-state index is 0.835. The fraction of sp³-hybridized carbons (Fsp3) is 0.375. The third kappa shape index (κ3) is 1.26. The molecule has 0 saturated carbocycles. The normalized spacial score (nSPS) is 24.2. The highest BCUT2D eigenvalue weighted by molar-refractivity contribution is 6.03. The molecule has 10 heavy (non-hydrogen) atoms. The van der Waals surface area contributed by atoms with Crippen molar-refractivity contribution in [2.75, 3.05) is 6.54 Å². The zero-order valence-corrected chi connectivity index (χ0v) is 6.39. The van der Waals surface area contributed by atoms with E-state index in [-0.39, 0.29) is 0 Å². The number of amidine groups is 1. The lowest BCUT2D eigenvalue weighted by molar-refractivity contribution is 1.10. The smallest absolute Gasteiger partial charge is 0.131 e. The molecule has 1 heterocycles. The minimum absolute atomic E-state index is 0.835. The molecule has 0 aromatic carbocycles. The van der Waals surface area contributed by atoms with Crippen molar-refractivity contribution in [3.63, 3.8) is 0 Å². The molecule has 1 rings (SSSR count). The Morgan fingerprint density at radius 1 is 1.70 bits per heavy atom. The molecule has 0 bridgehead atoms. The number of nitrogens with zero attached hydrogens (tertiary/aromatic N) is 1. The molecule has 0 saturated heterocycles. The van der Waals surface area contributed by atoms with Crippen LogP contribution in [0.2, 0.25) is 0 Å². The number of aliphatic imine (C=N–C) groups is 1. The van der Waals surface area contributed by atoms with Gasteiger partial charge < -0.3 is 5.32 Å². The van der Waals surface area contributed by atoms with Crippen molar-refractivity contribution in [3.05, 3.63) is 23.9 Å². The molecule has 0 aliphatic carbocycles. The quantitative estimate of drug-likeness (QED) is 0.580. The van der Waals surface area contributed by atoms with Crippen LogP contribution in [0.3, 0.4) is 0 Å². The first-order chi connectivity index (χ1) is 4.88. The Bertz CT molecular complexity index is 199. The Balaban J connectivity index is 2.75. The molecule has 2 nitrogen and oxygen atoms in total. The van der Waals surface area contributed by atoms with Gasteiger partial charge in [-0.3, -0.25) is 4.99 Å². The van der Waals surface area contributed by atoms with Crippen LogP contribution in [0.15, 0.2) is 28.9 Å². The van der Waals surface area contributed by atoms with Gasteiger partial charge in [0.1, 0.15) is 5.84 Å². The zero-order chi connectivity index (χ0) is 7.40. The molecule has 1 aliphatic rings. The van der Waals surface area contributed by atoms with Crippen LogP contribution in [0.25, 0.3) is 0 Å². The Morgan fingerprint density at radius 3 is 3.10 bits per heavy atom. The third-order valence-corrected chi connectivity index (χ3v) is 1.38. The van der Waals surface area contributed by atoms with Crippen molar-refractivity contribution in [1.29, 1.82) is 0 Å². The van der Waals surface area contributed by atoms with Crippen molar-refractivity contribution in [2.24, 2.45) is 4.99 Å². The van der Waals surface area contributed by atoms with Crippen LogP contribution >= 0.6 is 0 Å². The fourth-order valence-corrected chi connectivity index (χ4v) is 0.901. The lowest BCUT2D eigenvalue weighted by Crippen LogP contribution is -2.13. The Morgan fingerprint density at radius 2 is 2.50 bits per heavy atom. The lowest BCUT2D eigenvalue weighted by Gasteiger charge is -1.97. The topological polar surface area (TPSA) is 24.4 Å². The highest BCUT2D eigenvalue weighted by Crippen LogP contribution is 2.04. The molecule has 54 valence electrons. The summed E-state index contributed by atoms with van der Waals surface area (Å²) in [5, 5.41) is 3.06. The van der Waals surface area contributed by atoms with E-state index in [1.54, 1.807) is 0 Å². The number of hydrogen-bond acceptors (Lipinski definition) is 1. The largest absolute Gasteiger partial charge is 0.346 e. The fourth-order valence-electron chi connectivity index (χ4n) is 0.901. The highest BCUT2D eigenvalue weighted by Gasteiger charge is 2.04. The molecular formula is C8H12N2. The minimum Gasteiger partial charge on any atom is -0.346 e. The molecule has 1 aliphatic heterocycles. The Labute approximate surface area is 61.4 Å². The maximum Gasteiger partial charge on any atom is 0.131 e. The van der Waals surface area contributed by atoms with Crippen LogP contribution in [-0.2, 0) is 0 Å². The van der Waals surface area contributed by atoms with E-state index in [0.717, 1.165) is 12.4 Å². The predicted octanol–water partition coefficient (Wildman–Crippen LogP) is 1.47. The van der Waals surface area contributed by atoms with Gasteiger partial charge in [-0.15, -0.1) is 0 Å². The van der Waals surface area contributed by atoms with Crippen molar-refractivity contribution >= 4 is 5.84 Å². The summed E-state index contributed by atoms with van der Waals surface area (Å²) in [7, 11) is 0. The van der Waals surface area contributed by atoms with Gasteiger partial charge in [0, 0.05) is 18.3 Å². The molecule has 0 aromatic rings. The number of hydrogen-bond donors (Lipinski definition) is 1. The van der Waals surface area contributed by atoms with Gasteiger partial charge in [0.25, 0.3) is 0 Å². The van der Waals surface area contributed by atoms with Gasteiger partial charge in [-0.1, -0.05) is 6.08 Å². The van der Waals surface area contributed by atoms with Gasteiger partial charge in [0.15, 0.2) is 0 Å². The Hall–Kier alpha value is -1.05. The second-order valence-corrected chi connectivity index (χ2v) is 2.04. The summed E-state index contributed by atoms with van der Waals surface area (Å²) in [6.07, 6.45) is 5.98. The molecule has 0 spiro atoms. The molecule has 0 amide bonds.